The third-order valence-electron chi connectivity index (χ3n) is 5.20. The fraction of sp³-hybridized carbons (Fsp3) is 0.200. The van der Waals surface area contributed by atoms with Crippen LogP contribution in [-0.2, 0) is 11.3 Å². The summed E-state index contributed by atoms with van der Waals surface area (Å²) >= 11 is 2.92. The number of thioether (sulfide) groups is 1. The molecule has 7 nitrogen and oxygen atoms in total. The first-order chi connectivity index (χ1) is 16.6. The fourth-order valence-corrected chi connectivity index (χ4v) is 4.99. The number of carbonyl (C=O) groups is 2. The van der Waals surface area contributed by atoms with Crippen LogP contribution in [-0.4, -0.2) is 32.3 Å². The highest BCUT2D eigenvalue weighted by Crippen LogP contribution is 2.27. The van der Waals surface area contributed by atoms with Crippen molar-refractivity contribution in [1.29, 1.82) is 0 Å². The van der Waals surface area contributed by atoms with Crippen molar-refractivity contribution in [2.75, 3.05) is 11.1 Å². The molecule has 4 aromatic rings. The van der Waals surface area contributed by atoms with Crippen LogP contribution in [0.2, 0.25) is 0 Å². The van der Waals surface area contributed by atoms with Crippen molar-refractivity contribution in [2.45, 2.75) is 31.6 Å². The van der Waals surface area contributed by atoms with Gasteiger partial charge in [-0.3, -0.25) is 9.59 Å². The zero-order chi connectivity index (χ0) is 23.9. The number of hydrogen-bond acceptors (Lipinski definition) is 6. The lowest BCUT2D eigenvalue weighted by molar-refractivity contribution is -0.113. The summed E-state index contributed by atoms with van der Waals surface area (Å²) in [7, 11) is 0. The summed E-state index contributed by atoms with van der Waals surface area (Å²) < 4.78 is 2.00. The summed E-state index contributed by atoms with van der Waals surface area (Å²) in [6, 6.07) is 20.6. The summed E-state index contributed by atoms with van der Waals surface area (Å²) in [5.41, 5.74) is 1.90. The minimum absolute atomic E-state index is 0.152. The molecule has 0 radical (unpaired) electrons. The highest BCUT2D eigenvalue weighted by Gasteiger charge is 2.18. The Labute approximate surface area is 206 Å². The predicted octanol–water partition coefficient (Wildman–Crippen LogP) is 5.25. The Hall–Kier alpha value is -3.43. The molecule has 0 bridgehead atoms. The van der Waals surface area contributed by atoms with Crippen LogP contribution in [0, 0.1) is 0 Å². The van der Waals surface area contributed by atoms with Crippen LogP contribution in [0.15, 0.2) is 77.3 Å². The van der Waals surface area contributed by atoms with Crippen LogP contribution in [0.5, 0.6) is 0 Å². The second kappa shape index (κ2) is 11.1. The van der Waals surface area contributed by atoms with Crippen LogP contribution >= 0.6 is 23.1 Å². The highest BCUT2D eigenvalue weighted by atomic mass is 32.2. The number of amides is 2. The maximum Gasteiger partial charge on any atom is 0.253 e. The molecule has 1 unspecified atom stereocenters. The number of benzene rings is 2. The number of anilines is 1. The number of thiophene rings is 1. The highest BCUT2D eigenvalue weighted by molar-refractivity contribution is 7.99. The topological polar surface area (TPSA) is 88.9 Å². The number of para-hydroxylation sites is 1. The molecular formula is C25H25N5O2S2. The predicted molar refractivity (Wildman–Crippen MR) is 137 cm³/mol. The van der Waals surface area contributed by atoms with Crippen molar-refractivity contribution in [1.82, 2.24) is 20.1 Å². The van der Waals surface area contributed by atoms with Gasteiger partial charge in [0.05, 0.1) is 27.9 Å². The van der Waals surface area contributed by atoms with Crippen molar-refractivity contribution < 1.29 is 9.59 Å². The number of carbonyl (C=O) groups excluding carboxylic acids is 2. The number of nitrogens with zero attached hydrogens (tertiary/aromatic N) is 3. The minimum atomic E-state index is -0.244. The Morgan fingerprint density at radius 3 is 2.53 bits per heavy atom. The van der Waals surface area contributed by atoms with Gasteiger partial charge in [-0.05, 0) is 43.0 Å². The molecule has 9 heteroatoms. The quantitative estimate of drug-likeness (QED) is 0.312. The molecule has 1 atom stereocenters. The van der Waals surface area contributed by atoms with E-state index < -0.39 is 0 Å². The molecule has 0 aliphatic carbocycles. The Kier molecular flexibility index (Phi) is 7.76. The zero-order valence-electron chi connectivity index (χ0n) is 18.9. The smallest absolute Gasteiger partial charge is 0.253 e. The number of hydrogen-bond donors (Lipinski definition) is 2. The third-order valence-corrected chi connectivity index (χ3v) is 7.03. The first kappa shape index (κ1) is 23.7. The Bertz CT molecular complexity index is 1260. The maximum absolute atomic E-state index is 12.9. The molecule has 34 heavy (non-hydrogen) atoms. The summed E-state index contributed by atoms with van der Waals surface area (Å²) in [5.74, 6) is 0.490. The second-order valence-electron chi connectivity index (χ2n) is 7.52. The van der Waals surface area contributed by atoms with E-state index >= 15 is 0 Å². The van der Waals surface area contributed by atoms with E-state index in [0.717, 1.165) is 16.3 Å². The zero-order valence-corrected chi connectivity index (χ0v) is 20.5. The molecule has 0 aliphatic heterocycles. The van der Waals surface area contributed by atoms with Gasteiger partial charge < -0.3 is 15.2 Å². The number of nitrogens with one attached hydrogen (secondary N) is 2. The van der Waals surface area contributed by atoms with Gasteiger partial charge in [-0.2, -0.15) is 0 Å². The summed E-state index contributed by atoms with van der Waals surface area (Å²) in [6.07, 6.45) is 0. The molecule has 4 rings (SSSR count). The van der Waals surface area contributed by atoms with Gasteiger partial charge in [0.2, 0.25) is 5.91 Å². The van der Waals surface area contributed by atoms with Crippen molar-refractivity contribution >= 4 is 40.6 Å². The van der Waals surface area contributed by atoms with E-state index in [2.05, 4.69) is 20.8 Å². The molecule has 2 amide bonds. The third kappa shape index (κ3) is 5.55. The van der Waals surface area contributed by atoms with Crippen LogP contribution < -0.4 is 10.6 Å². The van der Waals surface area contributed by atoms with Gasteiger partial charge >= 0.3 is 0 Å². The largest absolute Gasteiger partial charge is 0.345 e. The van der Waals surface area contributed by atoms with E-state index in [-0.39, 0.29) is 23.6 Å². The van der Waals surface area contributed by atoms with E-state index in [4.69, 9.17) is 0 Å². The summed E-state index contributed by atoms with van der Waals surface area (Å²) in [5, 5.41) is 17.1. The molecule has 2 heterocycles. The molecule has 0 saturated heterocycles. The summed E-state index contributed by atoms with van der Waals surface area (Å²) in [6.45, 7) is 4.65. The first-order valence-corrected chi connectivity index (χ1v) is 12.8. The van der Waals surface area contributed by atoms with Gasteiger partial charge in [0.25, 0.3) is 5.91 Å². The lowest BCUT2D eigenvalue weighted by Crippen LogP contribution is -2.28. The maximum atomic E-state index is 12.9. The standard InChI is InChI=1S/C25H25N5O2S2/c1-3-30-23(21-14-9-15-33-21)28-29-25(30)34-16-22(31)27-20-13-8-7-12-19(20)24(32)26-17(2)18-10-5-4-6-11-18/h4-15,17H,3,16H2,1-2H3,(H,26,32)(H,27,31). The van der Waals surface area contributed by atoms with Gasteiger partial charge in [-0.1, -0.05) is 60.3 Å². The second-order valence-corrected chi connectivity index (χ2v) is 9.41. The van der Waals surface area contributed by atoms with Gasteiger partial charge in [-0.15, -0.1) is 21.5 Å². The lowest BCUT2D eigenvalue weighted by Gasteiger charge is -2.16. The Morgan fingerprint density at radius 1 is 1.03 bits per heavy atom. The molecule has 0 saturated carbocycles. The van der Waals surface area contributed by atoms with Crippen LogP contribution in [0.25, 0.3) is 10.7 Å². The minimum Gasteiger partial charge on any atom is -0.345 e. The van der Waals surface area contributed by atoms with Crippen LogP contribution in [0.3, 0.4) is 0 Å². The Morgan fingerprint density at radius 2 is 1.79 bits per heavy atom. The SMILES string of the molecule is CCn1c(SCC(=O)Nc2ccccc2C(=O)NC(C)c2ccccc2)nnc1-c1cccs1. The number of aromatic nitrogens is 3. The van der Waals surface area contributed by atoms with E-state index in [0.29, 0.717) is 23.0 Å². The van der Waals surface area contributed by atoms with Crippen molar-refractivity contribution in [3.63, 3.8) is 0 Å². The van der Waals surface area contributed by atoms with Gasteiger partial charge in [0, 0.05) is 6.54 Å². The summed E-state index contributed by atoms with van der Waals surface area (Å²) in [4.78, 5) is 26.7. The molecular weight excluding hydrogens is 466 g/mol. The van der Waals surface area contributed by atoms with Gasteiger partial charge in [0.1, 0.15) is 0 Å². The van der Waals surface area contributed by atoms with Crippen molar-refractivity contribution in [3.8, 4) is 10.7 Å². The van der Waals surface area contributed by atoms with E-state index in [9.17, 15) is 9.59 Å². The van der Waals surface area contributed by atoms with Crippen molar-refractivity contribution in [3.05, 3.63) is 83.2 Å². The Balaban J connectivity index is 1.40. The molecule has 0 fully saturated rings. The lowest BCUT2D eigenvalue weighted by atomic mass is 10.1. The van der Waals surface area contributed by atoms with E-state index in [1.165, 1.54) is 11.8 Å². The molecule has 2 aromatic heterocycles. The van der Waals surface area contributed by atoms with Crippen LogP contribution in [0.1, 0.15) is 35.8 Å². The molecule has 2 aromatic carbocycles. The first-order valence-electron chi connectivity index (χ1n) is 10.9. The average Bonchev–Trinajstić information content (AvgIpc) is 3.53. The fourth-order valence-electron chi connectivity index (χ4n) is 3.47. The van der Waals surface area contributed by atoms with E-state index in [1.54, 1.807) is 35.6 Å². The van der Waals surface area contributed by atoms with E-state index in [1.807, 2.05) is 66.3 Å². The molecule has 2 N–H and O–H groups in total. The average molecular weight is 492 g/mol. The molecule has 0 spiro atoms. The molecule has 0 aliphatic rings. The van der Waals surface area contributed by atoms with Crippen molar-refractivity contribution in [2.24, 2.45) is 0 Å². The molecule has 174 valence electrons. The number of rotatable bonds is 9. The van der Waals surface area contributed by atoms with Crippen LogP contribution in [0.4, 0.5) is 5.69 Å². The van der Waals surface area contributed by atoms with Gasteiger partial charge in [0.15, 0.2) is 11.0 Å². The monoisotopic (exact) mass is 491 g/mol. The van der Waals surface area contributed by atoms with Gasteiger partial charge in [-0.25, -0.2) is 0 Å². The normalized spacial score (nSPS) is 11.7.